The van der Waals surface area contributed by atoms with Crippen LogP contribution in [0.2, 0.25) is 0 Å². The largest absolute Gasteiger partial charge is 0.456 e. The maximum atomic E-state index is 6.31. The Morgan fingerprint density at radius 3 is 2.14 bits per heavy atom. The maximum absolute atomic E-state index is 6.31. The quantitative estimate of drug-likeness (QED) is 0.244. The highest BCUT2D eigenvalue weighted by Gasteiger charge is 2.22. The van der Waals surface area contributed by atoms with Gasteiger partial charge in [0.2, 0.25) is 0 Å². The molecule has 37 heavy (non-hydrogen) atoms. The van der Waals surface area contributed by atoms with Crippen LogP contribution in [0.1, 0.15) is 17.5 Å². The molecule has 0 unspecified atom stereocenters. The summed E-state index contributed by atoms with van der Waals surface area (Å²) in [6, 6.07) is 39.4. The molecule has 0 amide bonds. The van der Waals surface area contributed by atoms with E-state index in [1.807, 2.05) is 0 Å². The zero-order valence-electron chi connectivity index (χ0n) is 20.4. The third-order valence-corrected chi connectivity index (χ3v) is 7.92. The van der Waals surface area contributed by atoms with Crippen molar-refractivity contribution in [1.82, 2.24) is 0 Å². The molecule has 0 saturated heterocycles. The van der Waals surface area contributed by atoms with Crippen molar-refractivity contribution in [2.45, 2.75) is 12.8 Å². The second-order valence-electron chi connectivity index (χ2n) is 9.97. The van der Waals surface area contributed by atoms with Gasteiger partial charge >= 0.3 is 0 Å². The fourth-order valence-corrected chi connectivity index (χ4v) is 6.33. The van der Waals surface area contributed by atoms with E-state index in [0.717, 1.165) is 24.0 Å². The molecule has 1 aliphatic carbocycles. The zero-order valence-corrected chi connectivity index (χ0v) is 20.4. The third-order valence-electron chi connectivity index (χ3n) is 7.92. The molecule has 0 spiro atoms. The number of rotatable bonds is 2. The van der Waals surface area contributed by atoms with Gasteiger partial charge < -0.3 is 4.42 Å². The normalized spacial score (nSPS) is 13.1. The first-order valence-electron chi connectivity index (χ1n) is 13.0. The molecule has 0 N–H and O–H groups in total. The van der Waals surface area contributed by atoms with E-state index in [2.05, 4.69) is 121 Å². The number of hydrogen-bond donors (Lipinski definition) is 0. The van der Waals surface area contributed by atoms with Gasteiger partial charge in [-0.3, -0.25) is 0 Å². The average molecular weight is 473 g/mol. The van der Waals surface area contributed by atoms with Crippen molar-refractivity contribution in [2.75, 3.05) is 0 Å². The van der Waals surface area contributed by atoms with Crippen LogP contribution in [0, 0.1) is 0 Å². The molecule has 1 heterocycles. The Balaban J connectivity index is 1.49. The van der Waals surface area contributed by atoms with Crippen LogP contribution >= 0.6 is 0 Å². The summed E-state index contributed by atoms with van der Waals surface area (Å²) in [5.74, 6) is 0. The van der Waals surface area contributed by atoms with Gasteiger partial charge in [-0.25, -0.2) is 0 Å². The van der Waals surface area contributed by atoms with Crippen LogP contribution in [0.15, 0.2) is 120 Å². The van der Waals surface area contributed by atoms with E-state index >= 15 is 0 Å². The van der Waals surface area contributed by atoms with Crippen LogP contribution in [-0.4, -0.2) is 0 Å². The lowest BCUT2D eigenvalue weighted by Crippen LogP contribution is -2.02. The highest BCUT2D eigenvalue weighted by molar-refractivity contribution is 6.20. The Bertz CT molecular complexity index is 2020. The van der Waals surface area contributed by atoms with Gasteiger partial charge in [-0.15, -0.1) is 0 Å². The molecule has 0 bridgehead atoms. The number of fused-ring (bicyclic) bond motifs is 7. The Morgan fingerprint density at radius 1 is 0.541 bits per heavy atom. The standard InChI is InChI=1S/C36H24O/c1-2-11-24(12-3-1)34-27-14-6-8-16-29(27)35(30-17-9-7-15-28(30)34)25-19-20-32-31(22-25)36-26-13-5-4-10-23(26)18-21-33(36)37-32/h1-6,8-14,16-22H,7,15H2. The smallest absolute Gasteiger partial charge is 0.136 e. The van der Waals surface area contributed by atoms with Gasteiger partial charge in [0.05, 0.1) is 0 Å². The molecule has 1 heteroatoms. The summed E-state index contributed by atoms with van der Waals surface area (Å²) in [5, 5.41) is 7.46. The van der Waals surface area contributed by atoms with Gasteiger partial charge in [-0.2, -0.15) is 0 Å². The topological polar surface area (TPSA) is 13.1 Å². The third kappa shape index (κ3) is 3.04. The number of furan rings is 1. The number of benzene rings is 6. The van der Waals surface area contributed by atoms with Crippen molar-refractivity contribution >= 4 is 49.6 Å². The molecule has 174 valence electrons. The van der Waals surface area contributed by atoms with Crippen LogP contribution in [0.4, 0.5) is 0 Å². The summed E-state index contributed by atoms with van der Waals surface area (Å²) in [6.45, 7) is 0. The Labute approximate surface area is 215 Å². The average Bonchev–Trinajstić information content (AvgIpc) is 3.35. The van der Waals surface area contributed by atoms with Crippen molar-refractivity contribution in [1.29, 1.82) is 0 Å². The molecule has 0 fully saturated rings. The summed E-state index contributed by atoms with van der Waals surface area (Å²) < 4.78 is 6.31. The highest BCUT2D eigenvalue weighted by Crippen LogP contribution is 2.45. The van der Waals surface area contributed by atoms with E-state index in [0.29, 0.717) is 0 Å². The molecule has 0 atom stereocenters. The van der Waals surface area contributed by atoms with E-state index in [1.165, 1.54) is 65.7 Å². The number of allylic oxidation sites excluding steroid dienone is 1. The van der Waals surface area contributed by atoms with Crippen LogP contribution in [0.3, 0.4) is 0 Å². The first-order chi connectivity index (χ1) is 18.4. The molecule has 1 aromatic heterocycles. The maximum Gasteiger partial charge on any atom is 0.136 e. The minimum absolute atomic E-state index is 0.935. The molecule has 7 aromatic rings. The predicted octanol–water partition coefficient (Wildman–Crippen LogP) is 10.2. The van der Waals surface area contributed by atoms with Gasteiger partial charge in [0.15, 0.2) is 0 Å². The van der Waals surface area contributed by atoms with Gasteiger partial charge in [-0.1, -0.05) is 103 Å². The molecule has 8 rings (SSSR count). The lowest BCUT2D eigenvalue weighted by atomic mass is 9.80. The Hall–Kier alpha value is -4.62. The monoisotopic (exact) mass is 472 g/mol. The summed E-state index contributed by atoms with van der Waals surface area (Å²) >= 11 is 0. The van der Waals surface area contributed by atoms with Crippen molar-refractivity contribution in [3.63, 3.8) is 0 Å². The molecule has 1 nitrogen and oxygen atoms in total. The van der Waals surface area contributed by atoms with Crippen molar-refractivity contribution in [2.24, 2.45) is 0 Å². The fraction of sp³-hybridized carbons (Fsp3) is 0.0556. The van der Waals surface area contributed by atoms with E-state index < -0.39 is 0 Å². The first-order valence-corrected chi connectivity index (χ1v) is 13.0. The van der Waals surface area contributed by atoms with E-state index in [1.54, 1.807) is 0 Å². The van der Waals surface area contributed by atoms with Crippen molar-refractivity contribution in [3.05, 3.63) is 126 Å². The molecular formula is C36H24O. The minimum atomic E-state index is 0.935. The van der Waals surface area contributed by atoms with E-state index in [4.69, 9.17) is 4.42 Å². The summed E-state index contributed by atoms with van der Waals surface area (Å²) in [6.07, 6.45) is 6.80. The van der Waals surface area contributed by atoms with Gasteiger partial charge in [0, 0.05) is 10.8 Å². The highest BCUT2D eigenvalue weighted by atomic mass is 16.3. The predicted molar refractivity (Wildman–Crippen MR) is 157 cm³/mol. The number of hydrogen-bond acceptors (Lipinski definition) is 1. The molecule has 0 radical (unpaired) electrons. The first kappa shape index (κ1) is 20.6. The summed E-state index contributed by atoms with van der Waals surface area (Å²) in [4.78, 5) is 0. The van der Waals surface area contributed by atoms with Crippen molar-refractivity contribution < 1.29 is 4.42 Å². The molecule has 6 aromatic carbocycles. The minimum Gasteiger partial charge on any atom is -0.456 e. The Kier molecular flexibility index (Phi) is 4.41. The molecular weight excluding hydrogens is 448 g/mol. The van der Waals surface area contributed by atoms with E-state index in [-0.39, 0.29) is 0 Å². The second-order valence-corrected chi connectivity index (χ2v) is 9.97. The lowest BCUT2D eigenvalue weighted by Gasteiger charge is -2.23. The van der Waals surface area contributed by atoms with Crippen LogP contribution < -0.4 is 0 Å². The lowest BCUT2D eigenvalue weighted by molar-refractivity contribution is 0.669. The fourth-order valence-electron chi connectivity index (χ4n) is 6.33. The van der Waals surface area contributed by atoms with Crippen LogP contribution in [-0.2, 0) is 6.42 Å². The van der Waals surface area contributed by atoms with Gasteiger partial charge in [-0.05, 0) is 86.0 Å². The summed E-state index contributed by atoms with van der Waals surface area (Å²) in [5.41, 5.74) is 9.90. The zero-order chi connectivity index (χ0) is 24.3. The molecule has 1 aliphatic rings. The second kappa shape index (κ2) is 7.94. The summed E-state index contributed by atoms with van der Waals surface area (Å²) in [7, 11) is 0. The van der Waals surface area contributed by atoms with Gasteiger partial charge in [0.1, 0.15) is 11.2 Å². The SMILES string of the molecule is C1=Cc2c(c(-c3ccccc3)c3ccccc3c2-c2ccc3oc4ccc5ccccc5c4c3c2)CC1. The van der Waals surface area contributed by atoms with Crippen molar-refractivity contribution in [3.8, 4) is 22.3 Å². The Morgan fingerprint density at radius 2 is 1.27 bits per heavy atom. The van der Waals surface area contributed by atoms with Gasteiger partial charge in [0.25, 0.3) is 0 Å². The molecule has 0 aliphatic heterocycles. The van der Waals surface area contributed by atoms with E-state index in [9.17, 15) is 0 Å². The van der Waals surface area contributed by atoms with Crippen LogP contribution in [0.25, 0.3) is 71.8 Å². The van der Waals surface area contributed by atoms with Crippen LogP contribution in [0.5, 0.6) is 0 Å². The molecule has 0 saturated carbocycles.